The van der Waals surface area contributed by atoms with Crippen molar-refractivity contribution in [1.29, 1.82) is 0 Å². The molecule has 0 radical (unpaired) electrons. The van der Waals surface area contributed by atoms with Crippen LogP contribution in [0.3, 0.4) is 0 Å². The summed E-state index contributed by atoms with van der Waals surface area (Å²) >= 11 is 0. The summed E-state index contributed by atoms with van der Waals surface area (Å²) in [4.78, 5) is 33.0. The first-order chi connectivity index (χ1) is 21.8. The number of halogens is 2. The molecule has 1 fully saturated rings. The number of nitrogens with one attached hydrogen (secondary N) is 3. The molecule has 234 valence electrons. The van der Waals surface area contributed by atoms with Crippen molar-refractivity contribution in [2.24, 2.45) is 0 Å². The molecule has 0 aliphatic carbocycles. The zero-order valence-electron chi connectivity index (χ0n) is 24.9. The van der Waals surface area contributed by atoms with Crippen LogP contribution in [0.1, 0.15) is 12.8 Å². The lowest BCUT2D eigenvalue weighted by Crippen LogP contribution is -2.30. The summed E-state index contributed by atoms with van der Waals surface area (Å²) in [6, 6.07) is 14.1. The number of methoxy groups -OCH3 is 2. The summed E-state index contributed by atoms with van der Waals surface area (Å²) in [6.07, 6.45) is 5.15. The van der Waals surface area contributed by atoms with Gasteiger partial charge in [-0.3, -0.25) is 14.6 Å². The number of carbonyl (C=O) groups excluding carboxylic acids is 2. The Morgan fingerprint density at radius 1 is 0.844 bits per heavy atom. The summed E-state index contributed by atoms with van der Waals surface area (Å²) in [5.74, 6) is -1.51. The number of likely N-dealkylation sites (tertiary alicyclic amines) is 1. The number of rotatable bonds is 12. The summed E-state index contributed by atoms with van der Waals surface area (Å²) in [5.41, 5.74) is 0.730. The lowest BCUT2D eigenvalue weighted by atomic mass is 10.1. The molecule has 1 aliphatic heterocycles. The van der Waals surface area contributed by atoms with Gasteiger partial charge in [-0.2, -0.15) is 0 Å². The lowest BCUT2D eigenvalue weighted by molar-refractivity contribution is -0.118. The van der Waals surface area contributed by atoms with Crippen LogP contribution in [0.2, 0.25) is 0 Å². The fourth-order valence-corrected chi connectivity index (χ4v) is 4.88. The van der Waals surface area contributed by atoms with Gasteiger partial charge in [-0.1, -0.05) is 0 Å². The highest BCUT2D eigenvalue weighted by Crippen LogP contribution is 2.37. The van der Waals surface area contributed by atoms with Crippen molar-refractivity contribution in [2.75, 3.05) is 51.0 Å². The minimum absolute atomic E-state index is 0.0938. The fourth-order valence-electron chi connectivity index (χ4n) is 4.88. The average molecular weight is 618 g/mol. The fraction of sp³-hybridized carbons (Fsp3) is 0.242. The van der Waals surface area contributed by atoms with Crippen molar-refractivity contribution in [3.8, 4) is 23.0 Å². The van der Waals surface area contributed by atoms with Crippen molar-refractivity contribution in [2.45, 2.75) is 12.8 Å². The van der Waals surface area contributed by atoms with Crippen molar-refractivity contribution in [1.82, 2.24) is 15.2 Å². The van der Waals surface area contributed by atoms with E-state index in [2.05, 4.69) is 25.8 Å². The molecule has 2 amide bonds. The molecule has 12 heteroatoms. The van der Waals surface area contributed by atoms with E-state index in [9.17, 15) is 14.0 Å². The Kier molecular flexibility index (Phi) is 10.1. The molecule has 3 N–H and O–H groups in total. The SMILES string of the molecule is COc1cc2nccc(Oc3ccc(NC(=O)/C(=C/NCCN4CCCC4)C(=O)Nc4ccc(F)cc4)cc3F)c2cc1OC. The maximum absolute atomic E-state index is 15.2. The van der Waals surface area contributed by atoms with Crippen molar-refractivity contribution in [3.63, 3.8) is 0 Å². The van der Waals surface area contributed by atoms with Crippen LogP contribution in [0.5, 0.6) is 23.0 Å². The van der Waals surface area contributed by atoms with Gasteiger partial charge in [0.25, 0.3) is 11.8 Å². The summed E-state index contributed by atoms with van der Waals surface area (Å²) < 4.78 is 45.2. The van der Waals surface area contributed by atoms with Gasteiger partial charge in [-0.15, -0.1) is 0 Å². The highest BCUT2D eigenvalue weighted by molar-refractivity contribution is 6.26. The van der Waals surface area contributed by atoms with Crippen molar-refractivity contribution >= 4 is 34.1 Å². The molecule has 1 aromatic heterocycles. The van der Waals surface area contributed by atoms with Crippen LogP contribution in [-0.4, -0.2) is 62.1 Å². The van der Waals surface area contributed by atoms with Crippen molar-refractivity contribution < 1.29 is 32.6 Å². The molecule has 1 aliphatic rings. The van der Waals surface area contributed by atoms with E-state index in [1.54, 1.807) is 18.2 Å². The van der Waals surface area contributed by atoms with E-state index < -0.39 is 23.4 Å². The van der Waals surface area contributed by atoms with E-state index in [1.165, 1.54) is 63.0 Å². The Bertz CT molecular complexity index is 1710. The summed E-state index contributed by atoms with van der Waals surface area (Å²) in [5, 5.41) is 8.78. The van der Waals surface area contributed by atoms with Gasteiger partial charge in [-0.05, 0) is 74.5 Å². The van der Waals surface area contributed by atoms with Gasteiger partial charge >= 0.3 is 0 Å². The number of amides is 2. The van der Waals surface area contributed by atoms with Gasteiger partial charge in [0.2, 0.25) is 0 Å². The average Bonchev–Trinajstić information content (AvgIpc) is 3.56. The Labute approximate surface area is 259 Å². The minimum Gasteiger partial charge on any atom is -0.493 e. The monoisotopic (exact) mass is 617 g/mol. The molecule has 0 saturated carbocycles. The number of pyridine rings is 1. The lowest BCUT2D eigenvalue weighted by Gasteiger charge is -2.15. The normalized spacial score (nSPS) is 13.4. The van der Waals surface area contributed by atoms with E-state index in [0.717, 1.165) is 38.5 Å². The first kappa shape index (κ1) is 31.2. The molecular weight excluding hydrogens is 584 g/mol. The second kappa shape index (κ2) is 14.5. The largest absolute Gasteiger partial charge is 0.493 e. The van der Waals surface area contributed by atoms with Crippen LogP contribution in [0.4, 0.5) is 20.2 Å². The number of anilines is 2. The summed E-state index contributed by atoms with van der Waals surface area (Å²) in [6.45, 7) is 3.29. The first-order valence-corrected chi connectivity index (χ1v) is 14.4. The quantitative estimate of drug-likeness (QED) is 0.0831. The van der Waals surface area contributed by atoms with Gasteiger partial charge in [0.1, 0.15) is 17.1 Å². The van der Waals surface area contributed by atoms with Crippen LogP contribution in [0.15, 0.2) is 78.6 Å². The zero-order chi connectivity index (χ0) is 31.8. The van der Waals surface area contributed by atoms with Gasteiger partial charge in [-0.25, -0.2) is 8.78 Å². The predicted octanol–water partition coefficient (Wildman–Crippen LogP) is 5.47. The topological polar surface area (TPSA) is 114 Å². The molecule has 1 saturated heterocycles. The number of hydrogen-bond acceptors (Lipinski definition) is 8. The molecule has 2 heterocycles. The Morgan fingerprint density at radius 3 is 2.20 bits per heavy atom. The van der Waals surface area contributed by atoms with Crippen LogP contribution < -0.4 is 30.2 Å². The molecule has 0 bridgehead atoms. The molecule has 3 aromatic carbocycles. The molecule has 5 rings (SSSR count). The molecule has 0 spiro atoms. The van der Waals surface area contributed by atoms with Crippen LogP contribution >= 0.6 is 0 Å². The van der Waals surface area contributed by atoms with E-state index in [-0.39, 0.29) is 17.0 Å². The molecular formula is C33H33F2N5O5. The van der Waals surface area contributed by atoms with Gasteiger partial charge in [0.05, 0.1) is 19.7 Å². The Hall–Kier alpha value is -5.23. The standard InChI is InChI=1S/C33H33F2N5O5/c1-43-30-18-24-27(19-31(30)44-2)37-12-11-28(24)45-29-10-9-23(17-26(29)35)39-33(42)25(20-36-13-16-40-14-3-4-15-40)32(41)38-22-7-5-21(34)6-8-22/h5-12,17-20,36H,3-4,13-16H2,1-2H3,(H,38,41)(H,39,42)/b25-20+. The number of hydrogen-bond donors (Lipinski definition) is 3. The molecule has 10 nitrogen and oxygen atoms in total. The third-order valence-electron chi connectivity index (χ3n) is 7.23. The van der Waals surface area contributed by atoms with Crippen molar-refractivity contribution in [3.05, 3.63) is 90.3 Å². The maximum Gasteiger partial charge on any atom is 0.262 e. The second-order valence-electron chi connectivity index (χ2n) is 10.3. The van der Waals surface area contributed by atoms with Gasteiger partial charge in [0.15, 0.2) is 23.1 Å². The molecule has 4 aromatic rings. The number of benzene rings is 3. The van der Waals surface area contributed by atoms with Crippen LogP contribution in [-0.2, 0) is 9.59 Å². The van der Waals surface area contributed by atoms with Crippen LogP contribution in [0, 0.1) is 11.6 Å². The van der Waals surface area contributed by atoms with E-state index in [4.69, 9.17) is 14.2 Å². The van der Waals surface area contributed by atoms with Crippen LogP contribution in [0.25, 0.3) is 10.9 Å². The van der Waals surface area contributed by atoms with Gasteiger partial charge < -0.3 is 35.1 Å². The van der Waals surface area contributed by atoms with E-state index >= 15 is 4.39 Å². The molecule has 0 atom stereocenters. The van der Waals surface area contributed by atoms with E-state index in [0.29, 0.717) is 40.4 Å². The maximum atomic E-state index is 15.2. The first-order valence-electron chi connectivity index (χ1n) is 14.4. The third-order valence-corrected chi connectivity index (χ3v) is 7.23. The predicted molar refractivity (Wildman–Crippen MR) is 167 cm³/mol. The van der Waals surface area contributed by atoms with Gasteiger partial charge in [0, 0.05) is 54.4 Å². The smallest absolute Gasteiger partial charge is 0.262 e. The Morgan fingerprint density at radius 2 is 1.51 bits per heavy atom. The number of carbonyl (C=O) groups is 2. The molecule has 45 heavy (non-hydrogen) atoms. The number of fused-ring (bicyclic) bond motifs is 1. The Balaban J connectivity index is 1.31. The summed E-state index contributed by atoms with van der Waals surface area (Å²) in [7, 11) is 3.02. The highest BCUT2D eigenvalue weighted by Gasteiger charge is 2.20. The molecule has 0 unspecified atom stereocenters. The second-order valence-corrected chi connectivity index (χ2v) is 10.3. The van der Waals surface area contributed by atoms with E-state index in [1.807, 2.05) is 0 Å². The third kappa shape index (κ3) is 7.84. The number of ether oxygens (including phenoxy) is 3. The zero-order valence-corrected chi connectivity index (χ0v) is 24.9. The highest BCUT2D eigenvalue weighted by atomic mass is 19.1. The number of nitrogens with zero attached hydrogens (tertiary/aromatic N) is 2. The minimum atomic E-state index is -0.766. The number of aromatic nitrogens is 1.